The SMILES string of the molecule is CC(C)C(O)CN1C(=O)N(CC(O)CN2C(=O)N3C(C)c4cccc(c4)C3(c3ccccc3)C2=O)C(C)(C)C1=O. The van der Waals surface area contributed by atoms with Crippen LogP contribution in [-0.4, -0.2) is 91.1 Å². The second kappa shape index (κ2) is 9.71. The van der Waals surface area contributed by atoms with Crippen LogP contribution in [0.1, 0.15) is 57.4 Å². The summed E-state index contributed by atoms with van der Waals surface area (Å²) >= 11 is 0. The first-order valence-electron chi connectivity index (χ1n) is 13.6. The Morgan fingerprint density at radius 1 is 0.800 bits per heavy atom. The van der Waals surface area contributed by atoms with E-state index in [0.717, 1.165) is 15.4 Å². The molecule has 0 aliphatic carbocycles. The van der Waals surface area contributed by atoms with Gasteiger partial charge in [-0.2, -0.15) is 0 Å². The minimum absolute atomic E-state index is 0.153. The molecule has 10 nitrogen and oxygen atoms in total. The van der Waals surface area contributed by atoms with Gasteiger partial charge in [-0.15, -0.1) is 0 Å². The van der Waals surface area contributed by atoms with Crippen LogP contribution in [0.4, 0.5) is 9.59 Å². The first kappa shape index (κ1) is 27.8. The van der Waals surface area contributed by atoms with E-state index in [0.29, 0.717) is 11.1 Å². The van der Waals surface area contributed by atoms with Crippen molar-refractivity contribution in [3.8, 4) is 0 Å². The minimum Gasteiger partial charge on any atom is -0.391 e. The molecule has 2 aromatic rings. The predicted octanol–water partition coefficient (Wildman–Crippen LogP) is 2.69. The monoisotopic (exact) mass is 548 g/mol. The van der Waals surface area contributed by atoms with Crippen molar-refractivity contribution < 1.29 is 29.4 Å². The van der Waals surface area contributed by atoms with Gasteiger partial charge < -0.3 is 15.1 Å². The zero-order valence-electron chi connectivity index (χ0n) is 23.4. The number of imide groups is 2. The Morgan fingerprint density at radius 2 is 1.43 bits per heavy atom. The van der Waals surface area contributed by atoms with Gasteiger partial charge in [0.15, 0.2) is 5.54 Å². The Morgan fingerprint density at radius 3 is 2.08 bits per heavy atom. The Labute approximate surface area is 233 Å². The fraction of sp³-hybridized carbons (Fsp3) is 0.467. The molecule has 212 valence electrons. The summed E-state index contributed by atoms with van der Waals surface area (Å²) < 4.78 is 0. The second-order valence-electron chi connectivity index (χ2n) is 11.8. The van der Waals surface area contributed by atoms with Crippen LogP contribution in [0.25, 0.3) is 0 Å². The highest BCUT2D eigenvalue weighted by Gasteiger charge is 2.63. The van der Waals surface area contributed by atoms with E-state index in [1.807, 2.05) is 61.5 Å². The highest BCUT2D eigenvalue weighted by molar-refractivity contribution is 6.10. The Kier molecular flexibility index (Phi) is 6.74. The lowest BCUT2D eigenvalue weighted by atomic mass is 9.76. The number of benzene rings is 2. The zero-order chi connectivity index (χ0) is 29.1. The summed E-state index contributed by atoms with van der Waals surface area (Å²) in [5.41, 5.74) is -0.433. The lowest BCUT2D eigenvalue weighted by Gasteiger charge is -2.43. The average molecular weight is 549 g/mol. The van der Waals surface area contributed by atoms with Crippen molar-refractivity contribution in [2.24, 2.45) is 5.92 Å². The van der Waals surface area contributed by atoms with Crippen LogP contribution < -0.4 is 0 Å². The van der Waals surface area contributed by atoms with Crippen molar-refractivity contribution in [3.63, 3.8) is 0 Å². The molecule has 5 rings (SSSR count). The van der Waals surface area contributed by atoms with Crippen LogP contribution in [-0.2, 0) is 15.1 Å². The van der Waals surface area contributed by atoms with Gasteiger partial charge in [0, 0.05) is 0 Å². The molecule has 0 spiro atoms. The summed E-state index contributed by atoms with van der Waals surface area (Å²) in [6.07, 6.45) is -2.20. The number of hydrogen-bond donors (Lipinski definition) is 2. The van der Waals surface area contributed by atoms with E-state index in [9.17, 15) is 29.4 Å². The molecule has 40 heavy (non-hydrogen) atoms. The Balaban J connectivity index is 1.43. The number of fused-ring (bicyclic) bond motifs is 4. The van der Waals surface area contributed by atoms with Crippen LogP contribution in [0.15, 0.2) is 54.6 Å². The molecule has 2 N–H and O–H groups in total. The fourth-order valence-electron chi connectivity index (χ4n) is 6.08. The third kappa shape index (κ3) is 3.92. The summed E-state index contributed by atoms with van der Waals surface area (Å²) in [5, 5.41) is 21.5. The van der Waals surface area contributed by atoms with E-state index in [4.69, 9.17) is 0 Å². The molecule has 2 saturated heterocycles. The highest BCUT2D eigenvalue weighted by atomic mass is 16.3. The van der Waals surface area contributed by atoms with Crippen LogP contribution in [0, 0.1) is 5.92 Å². The van der Waals surface area contributed by atoms with Gasteiger partial charge >= 0.3 is 12.1 Å². The van der Waals surface area contributed by atoms with Gasteiger partial charge in [-0.25, -0.2) is 9.59 Å². The molecule has 4 atom stereocenters. The topological polar surface area (TPSA) is 122 Å². The lowest BCUT2D eigenvalue weighted by molar-refractivity contribution is -0.135. The number of carbonyl (C=O) groups is 4. The smallest absolute Gasteiger partial charge is 0.328 e. The van der Waals surface area contributed by atoms with Gasteiger partial charge in [0.25, 0.3) is 11.8 Å². The molecular formula is C30H36N4O6. The largest absolute Gasteiger partial charge is 0.391 e. The van der Waals surface area contributed by atoms with Gasteiger partial charge in [-0.05, 0) is 43.4 Å². The van der Waals surface area contributed by atoms with Crippen molar-refractivity contribution in [2.45, 2.75) is 63.9 Å². The maximum atomic E-state index is 14.3. The van der Waals surface area contributed by atoms with Crippen molar-refractivity contribution in [1.82, 2.24) is 19.6 Å². The molecule has 2 fully saturated rings. The van der Waals surface area contributed by atoms with Gasteiger partial charge in [-0.3, -0.25) is 24.3 Å². The predicted molar refractivity (Wildman–Crippen MR) is 146 cm³/mol. The molecular weight excluding hydrogens is 512 g/mol. The van der Waals surface area contributed by atoms with Crippen molar-refractivity contribution in [3.05, 3.63) is 71.3 Å². The van der Waals surface area contributed by atoms with E-state index >= 15 is 0 Å². The molecule has 4 unspecified atom stereocenters. The van der Waals surface area contributed by atoms with Crippen molar-refractivity contribution >= 4 is 23.9 Å². The van der Waals surface area contributed by atoms with E-state index in [1.54, 1.807) is 32.6 Å². The molecule has 6 amide bonds. The summed E-state index contributed by atoms with van der Waals surface area (Å²) in [6, 6.07) is 15.1. The normalized spacial score (nSPS) is 25.2. The third-order valence-electron chi connectivity index (χ3n) is 8.55. The molecule has 0 saturated carbocycles. The molecule has 3 aliphatic heterocycles. The number of carbonyl (C=O) groups excluding carboxylic acids is 4. The highest BCUT2D eigenvalue weighted by Crippen LogP contribution is 2.50. The Hall–Kier alpha value is -3.76. The lowest BCUT2D eigenvalue weighted by Crippen LogP contribution is -2.51. The molecule has 10 heteroatoms. The van der Waals surface area contributed by atoms with Crippen LogP contribution in [0.3, 0.4) is 0 Å². The van der Waals surface area contributed by atoms with Gasteiger partial charge in [-0.1, -0.05) is 68.4 Å². The number of nitrogens with zero attached hydrogens (tertiary/aromatic N) is 4. The van der Waals surface area contributed by atoms with Crippen LogP contribution in [0.2, 0.25) is 0 Å². The maximum absolute atomic E-state index is 14.3. The van der Waals surface area contributed by atoms with Gasteiger partial charge in [0.1, 0.15) is 5.54 Å². The molecule has 3 aliphatic rings. The van der Waals surface area contributed by atoms with Crippen molar-refractivity contribution in [2.75, 3.05) is 19.6 Å². The number of hydrogen-bond acceptors (Lipinski definition) is 6. The minimum atomic E-state index is -1.38. The molecule has 0 radical (unpaired) electrons. The molecule has 3 heterocycles. The number of rotatable bonds is 8. The number of β-amino-alcohol motifs (C(OH)–C–C–N with tert-alkyl or cyclic N) is 2. The quantitative estimate of drug-likeness (QED) is 0.490. The third-order valence-corrected chi connectivity index (χ3v) is 8.55. The summed E-state index contributed by atoms with van der Waals surface area (Å²) in [5.74, 6) is -1.12. The van der Waals surface area contributed by atoms with E-state index in [-0.39, 0.29) is 25.6 Å². The summed E-state index contributed by atoms with van der Waals surface area (Å²) in [4.78, 5) is 59.3. The molecule has 2 aromatic carbocycles. The van der Waals surface area contributed by atoms with Crippen LogP contribution in [0.5, 0.6) is 0 Å². The van der Waals surface area contributed by atoms with E-state index < -0.39 is 53.2 Å². The summed E-state index contributed by atoms with van der Waals surface area (Å²) in [6.45, 7) is 7.83. The van der Waals surface area contributed by atoms with Gasteiger partial charge in [0.05, 0.1) is 37.9 Å². The van der Waals surface area contributed by atoms with E-state index in [1.165, 1.54) is 4.90 Å². The second-order valence-corrected chi connectivity index (χ2v) is 11.8. The zero-order valence-corrected chi connectivity index (χ0v) is 23.4. The first-order valence-corrected chi connectivity index (χ1v) is 13.6. The van der Waals surface area contributed by atoms with Crippen molar-refractivity contribution in [1.29, 1.82) is 0 Å². The first-order chi connectivity index (χ1) is 18.8. The number of aliphatic hydroxyl groups excluding tert-OH is 2. The van der Waals surface area contributed by atoms with Gasteiger partial charge in [0.2, 0.25) is 0 Å². The molecule has 2 bridgehead atoms. The number of amides is 6. The average Bonchev–Trinajstić information content (AvgIpc) is 3.24. The Bertz CT molecular complexity index is 1360. The number of aliphatic hydroxyl groups is 2. The fourth-order valence-corrected chi connectivity index (χ4v) is 6.08. The number of urea groups is 2. The van der Waals surface area contributed by atoms with Crippen LogP contribution >= 0.6 is 0 Å². The standard InChI is InChI=1S/C30H36N4O6/c1-18(2)24(36)17-32-25(37)29(4,5)33(27(32)39)16-23(35)15-31-26(38)30(21-11-7-6-8-12-21)22-13-9-10-20(14-22)19(3)34(30)28(31)40/h6-14,18-19,23-24,35-36H,15-17H2,1-5H3. The maximum Gasteiger partial charge on any atom is 0.328 e. The summed E-state index contributed by atoms with van der Waals surface area (Å²) in [7, 11) is 0. The van der Waals surface area contributed by atoms with E-state index in [2.05, 4.69) is 0 Å². The molecule has 0 aromatic heterocycles.